The normalized spacial score (nSPS) is 10.6. The first kappa shape index (κ1) is 18.4. The van der Waals surface area contributed by atoms with Crippen LogP contribution >= 0.6 is 0 Å². The van der Waals surface area contributed by atoms with E-state index in [0.717, 1.165) is 0 Å². The zero-order chi connectivity index (χ0) is 19.6. The van der Waals surface area contributed by atoms with Crippen molar-refractivity contribution in [3.8, 4) is 34.3 Å². The van der Waals surface area contributed by atoms with Crippen LogP contribution in [-0.2, 0) is 0 Å². The van der Waals surface area contributed by atoms with Crippen LogP contribution in [0.5, 0.6) is 23.0 Å². The molecule has 142 valence electrons. The summed E-state index contributed by atoms with van der Waals surface area (Å²) in [5.41, 5.74) is 3.56. The average Bonchev–Trinajstić information content (AvgIpc) is 3.14. The maximum Gasteiger partial charge on any atom is 0.265 e. The van der Waals surface area contributed by atoms with Crippen molar-refractivity contribution in [2.75, 3.05) is 28.4 Å². The zero-order valence-electron chi connectivity index (χ0n) is 15.4. The first-order valence-electron chi connectivity index (χ1n) is 7.99. The molecule has 1 heterocycles. The van der Waals surface area contributed by atoms with Gasteiger partial charge in [0, 0.05) is 23.1 Å². The fraction of sp³-hybridized carbons (Fsp3) is 0.211. The summed E-state index contributed by atoms with van der Waals surface area (Å²) in [5, 5.41) is 0.669. The van der Waals surface area contributed by atoms with E-state index < -0.39 is 5.91 Å². The number of hydrogen-bond acceptors (Lipinski definition) is 7. The van der Waals surface area contributed by atoms with Crippen LogP contribution in [0.15, 0.2) is 34.7 Å². The van der Waals surface area contributed by atoms with Crippen LogP contribution in [-0.4, -0.2) is 34.3 Å². The molecule has 0 saturated carbocycles. The highest BCUT2D eigenvalue weighted by Gasteiger charge is 2.21. The second-order valence-corrected chi connectivity index (χ2v) is 5.59. The number of benzene rings is 2. The van der Waals surface area contributed by atoms with Crippen molar-refractivity contribution >= 4 is 16.9 Å². The highest BCUT2D eigenvalue weighted by molar-refractivity contribution is 6.00. The van der Waals surface area contributed by atoms with Crippen molar-refractivity contribution in [1.82, 2.24) is 5.43 Å². The lowest BCUT2D eigenvalue weighted by atomic mass is 10.1. The molecule has 8 heteroatoms. The Balaban J connectivity index is 2.25. The van der Waals surface area contributed by atoms with Crippen LogP contribution in [0.4, 0.5) is 0 Å². The van der Waals surface area contributed by atoms with Crippen molar-refractivity contribution < 1.29 is 28.2 Å². The summed E-state index contributed by atoms with van der Waals surface area (Å²) in [7, 11) is 6.15. The summed E-state index contributed by atoms with van der Waals surface area (Å²) < 4.78 is 27.6. The number of rotatable bonds is 6. The Labute approximate surface area is 155 Å². The Morgan fingerprint density at radius 3 is 2.04 bits per heavy atom. The van der Waals surface area contributed by atoms with Gasteiger partial charge in [-0.05, 0) is 18.2 Å². The average molecular weight is 372 g/mol. The molecule has 0 fully saturated rings. The summed E-state index contributed by atoms with van der Waals surface area (Å²) in [6, 6.07) is 8.46. The monoisotopic (exact) mass is 372 g/mol. The summed E-state index contributed by atoms with van der Waals surface area (Å²) >= 11 is 0. The topological polar surface area (TPSA) is 105 Å². The van der Waals surface area contributed by atoms with Gasteiger partial charge in [0.15, 0.2) is 11.3 Å². The molecule has 0 atom stereocenters. The van der Waals surface area contributed by atoms with E-state index in [-0.39, 0.29) is 0 Å². The third-order valence-electron chi connectivity index (χ3n) is 4.16. The van der Waals surface area contributed by atoms with Crippen molar-refractivity contribution in [1.29, 1.82) is 0 Å². The van der Waals surface area contributed by atoms with Crippen LogP contribution in [0.1, 0.15) is 10.4 Å². The Morgan fingerprint density at radius 1 is 0.889 bits per heavy atom. The second-order valence-electron chi connectivity index (χ2n) is 5.59. The van der Waals surface area contributed by atoms with Gasteiger partial charge >= 0.3 is 0 Å². The van der Waals surface area contributed by atoms with Gasteiger partial charge in [-0.2, -0.15) is 0 Å². The number of nitrogens with two attached hydrogens (primary N) is 1. The summed E-state index contributed by atoms with van der Waals surface area (Å²) in [5.74, 6) is 7.32. The lowest BCUT2D eigenvalue weighted by Crippen LogP contribution is -2.29. The van der Waals surface area contributed by atoms with E-state index >= 15 is 0 Å². The fourth-order valence-corrected chi connectivity index (χ4v) is 2.86. The molecule has 1 aromatic heterocycles. The van der Waals surface area contributed by atoms with Crippen LogP contribution in [0.25, 0.3) is 22.3 Å². The molecule has 0 radical (unpaired) electrons. The first-order chi connectivity index (χ1) is 13.1. The summed E-state index contributed by atoms with van der Waals surface area (Å²) in [4.78, 5) is 11.9. The molecule has 0 aliphatic heterocycles. The number of carbonyl (C=O) groups is 1. The number of hydrogen-bond donors (Lipinski definition) is 2. The van der Waals surface area contributed by atoms with Gasteiger partial charge in [-0.1, -0.05) is 0 Å². The molecule has 0 saturated heterocycles. The molecule has 27 heavy (non-hydrogen) atoms. The van der Waals surface area contributed by atoms with Crippen molar-refractivity contribution in [2.24, 2.45) is 5.84 Å². The van der Waals surface area contributed by atoms with Gasteiger partial charge in [-0.15, -0.1) is 0 Å². The van der Waals surface area contributed by atoms with Gasteiger partial charge in [0.2, 0.25) is 0 Å². The number of fused-ring (bicyclic) bond motifs is 1. The summed E-state index contributed by atoms with van der Waals surface area (Å²) in [6.45, 7) is 0. The van der Waals surface area contributed by atoms with Crippen LogP contribution in [0, 0.1) is 0 Å². The number of ether oxygens (including phenoxy) is 4. The number of methoxy groups -OCH3 is 4. The molecular formula is C19H20N2O6. The van der Waals surface area contributed by atoms with Gasteiger partial charge in [-0.25, -0.2) is 5.84 Å². The van der Waals surface area contributed by atoms with E-state index in [2.05, 4.69) is 5.43 Å². The Morgan fingerprint density at radius 2 is 1.52 bits per heavy atom. The van der Waals surface area contributed by atoms with Crippen LogP contribution in [0.3, 0.4) is 0 Å². The molecule has 0 spiro atoms. The van der Waals surface area contributed by atoms with E-state index in [1.165, 1.54) is 7.11 Å². The van der Waals surface area contributed by atoms with Gasteiger partial charge in [0.25, 0.3) is 5.91 Å². The molecule has 0 aliphatic rings. The van der Waals surface area contributed by atoms with E-state index in [9.17, 15) is 4.79 Å². The number of nitrogen functional groups attached to an aromatic ring is 1. The minimum atomic E-state index is -0.433. The van der Waals surface area contributed by atoms with Gasteiger partial charge in [-0.3, -0.25) is 10.2 Å². The number of hydrazine groups is 1. The van der Waals surface area contributed by atoms with Crippen molar-refractivity contribution in [3.05, 3.63) is 35.9 Å². The van der Waals surface area contributed by atoms with Crippen molar-refractivity contribution in [2.45, 2.75) is 0 Å². The molecule has 0 unspecified atom stereocenters. The Hall–Kier alpha value is -3.39. The van der Waals surface area contributed by atoms with E-state index in [0.29, 0.717) is 50.9 Å². The minimum absolute atomic E-state index is 0.350. The predicted molar refractivity (Wildman–Crippen MR) is 99.5 cm³/mol. The maximum absolute atomic E-state index is 11.9. The quantitative estimate of drug-likeness (QED) is 0.389. The Kier molecular flexibility index (Phi) is 5.09. The Bertz CT molecular complexity index is 970. The standard InChI is InChI=1S/C19H20N2O6/c1-23-12-8-13(24-2)17(14(9-12)25-3)15-6-10-5-11(19(22)21-20)7-16(26-4)18(10)27-15/h5-9H,20H2,1-4H3,(H,21,22). The van der Waals surface area contributed by atoms with Gasteiger partial charge in [0.1, 0.15) is 28.6 Å². The second kappa shape index (κ2) is 7.46. The summed E-state index contributed by atoms with van der Waals surface area (Å²) in [6.07, 6.45) is 0. The fourth-order valence-electron chi connectivity index (χ4n) is 2.86. The highest BCUT2D eigenvalue weighted by Crippen LogP contribution is 2.44. The lowest BCUT2D eigenvalue weighted by molar-refractivity contribution is 0.0953. The highest BCUT2D eigenvalue weighted by atomic mass is 16.5. The predicted octanol–water partition coefficient (Wildman–Crippen LogP) is 2.74. The van der Waals surface area contributed by atoms with E-state index in [1.54, 1.807) is 51.7 Å². The van der Waals surface area contributed by atoms with Crippen molar-refractivity contribution in [3.63, 3.8) is 0 Å². The molecule has 3 aromatic rings. The van der Waals surface area contributed by atoms with Crippen LogP contribution < -0.4 is 30.2 Å². The van der Waals surface area contributed by atoms with Gasteiger partial charge < -0.3 is 23.4 Å². The number of nitrogens with one attached hydrogen (secondary N) is 1. The third kappa shape index (κ3) is 3.22. The lowest BCUT2D eigenvalue weighted by Gasteiger charge is -2.13. The van der Waals surface area contributed by atoms with E-state index in [4.69, 9.17) is 29.2 Å². The van der Waals surface area contributed by atoms with Gasteiger partial charge in [0.05, 0.1) is 28.4 Å². The minimum Gasteiger partial charge on any atom is -0.496 e. The maximum atomic E-state index is 11.9. The molecule has 0 bridgehead atoms. The molecule has 3 N–H and O–H groups in total. The molecule has 0 aliphatic carbocycles. The number of amides is 1. The number of furan rings is 1. The third-order valence-corrected chi connectivity index (χ3v) is 4.16. The first-order valence-corrected chi connectivity index (χ1v) is 7.99. The zero-order valence-corrected chi connectivity index (χ0v) is 15.4. The molecule has 8 nitrogen and oxygen atoms in total. The molecule has 3 rings (SSSR count). The SMILES string of the molecule is COc1cc(OC)c(-c2cc3cc(C(=O)NN)cc(OC)c3o2)c(OC)c1. The molecule has 2 aromatic carbocycles. The smallest absolute Gasteiger partial charge is 0.265 e. The van der Waals surface area contributed by atoms with Crippen LogP contribution in [0.2, 0.25) is 0 Å². The molecule has 1 amide bonds. The largest absolute Gasteiger partial charge is 0.496 e. The number of carbonyl (C=O) groups excluding carboxylic acids is 1. The van der Waals surface area contributed by atoms with E-state index in [1.807, 2.05) is 0 Å². The molecular weight excluding hydrogens is 352 g/mol.